The molecule has 37 heavy (non-hydrogen) atoms. The van der Waals surface area contributed by atoms with Crippen molar-refractivity contribution < 1.29 is 14.7 Å². The Kier molecular flexibility index (Phi) is 8.15. The van der Waals surface area contributed by atoms with Gasteiger partial charge < -0.3 is 21.1 Å². The van der Waals surface area contributed by atoms with Gasteiger partial charge in [0.05, 0.1) is 12.1 Å². The van der Waals surface area contributed by atoms with Crippen molar-refractivity contribution in [2.24, 2.45) is 5.92 Å². The zero-order valence-corrected chi connectivity index (χ0v) is 20.9. The van der Waals surface area contributed by atoms with Crippen molar-refractivity contribution in [2.45, 2.75) is 38.3 Å². The summed E-state index contributed by atoms with van der Waals surface area (Å²) in [6, 6.07) is 11.6. The molecule has 2 aromatic carbocycles. The molecule has 0 bridgehead atoms. The predicted octanol–water partition coefficient (Wildman–Crippen LogP) is 4.77. The number of aromatic nitrogens is 3. The zero-order chi connectivity index (χ0) is 26.4. The number of amides is 1. The lowest BCUT2D eigenvalue weighted by Crippen LogP contribution is -2.36. The number of hydrogen-bond donors (Lipinski definition) is 4. The Hall–Kier alpha value is -4.23. The van der Waals surface area contributed by atoms with Crippen LogP contribution in [0.4, 0.5) is 17.6 Å². The molecule has 4 rings (SSSR count). The average molecular weight is 520 g/mol. The predicted molar refractivity (Wildman–Crippen MR) is 141 cm³/mol. The fraction of sp³-hybridized carbons (Fsp3) is 0.308. The molecule has 0 spiro atoms. The van der Waals surface area contributed by atoms with Crippen LogP contribution in [-0.4, -0.2) is 45.0 Å². The summed E-state index contributed by atoms with van der Waals surface area (Å²) in [5, 5.41) is 19.0. The standard InChI is InChI=1S/C26H26ClN7O3/c1-28-20-11-8-18(21(27)13-20)14-30-23(35)15-6-9-19(10-7-15)31-26-33-22(32-25(29-2)34-26)16-4-3-5-17(12-16)24(36)37/h3-5,8,11-13,15,19H,6-7,9-10,14H2,2H3,(H,30,35)(H,36,37)(H2,29,31,32,33,34). The molecule has 1 amide bonds. The molecule has 1 aromatic heterocycles. The number of carboxylic acids is 1. The number of nitrogens with one attached hydrogen (secondary N) is 3. The van der Waals surface area contributed by atoms with Crippen LogP contribution in [0.5, 0.6) is 0 Å². The molecule has 1 aliphatic carbocycles. The van der Waals surface area contributed by atoms with Crippen molar-refractivity contribution >= 4 is 41.1 Å². The molecule has 0 radical (unpaired) electrons. The highest BCUT2D eigenvalue weighted by atomic mass is 35.5. The summed E-state index contributed by atoms with van der Waals surface area (Å²) in [4.78, 5) is 40.7. The van der Waals surface area contributed by atoms with Gasteiger partial charge in [-0.15, -0.1) is 0 Å². The van der Waals surface area contributed by atoms with Gasteiger partial charge in [0.1, 0.15) is 0 Å². The lowest BCUT2D eigenvalue weighted by Gasteiger charge is -2.28. The van der Waals surface area contributed by atoms with Crippen molar-refractivity contribution in [3.63, 3.8) is 0 Å². The summed E-state index contributed by atoms with van der Waals surface area (Å²) in [7, 11) is 1.70. The number of aromatic carboxylic acids is 1. The summed E-state index contributed by atoms with van der Waals surface area (Å²) in [5.41, 5.74) is 1.97. The van der Waals surface area contributed by atoms with Crippen molar-refractivity contribution in [1.29, 1.82) is 0 Å². The van der Waals surface area contributed by atoms with Gasteiger partial charge in [-0.1, -0.05) is 35.9 Å². The van der Waals surface area contributed by atoms with Crippen LogP contribution in [0.25, 0.3) is 16.2 Å². The molecule has 1 fully saturated rings. The highest BCUT2D eigenvalue weighted by Gasteiger charge is 2.27. The van der Waals surface area contributed by atoms with E-state index >= 15 is 0 Å². The third-order valence-electron chi connectivity index (χ3n) is 6.28. The van der Waals surface area contributed by atoms with Crippen LogP contribution in [0.2, 0.25) is 5.02 Å². The third-order valence-corrected chi connectivity index (χ3v) is 6.63. The summed E-state index contributed by atoms with van der Waals surface area (Å²) >= 11 is 6.22. The van der Waals surface area contributed by atoms with Crippen LogP contribution in [-0.2, 0) is 11.3 Å². The minimum absolute atomic E-state index is 0.0120. The van der Waals surface area contributed by atoms with Crippen LogP contribution < -0.4 is 16.0 Å². The van der Waals surface area contributed by atoms with Crippen molar-refractivity contribution in [3.8, 4) is 11.4 Å². The van der Waals surface area contributed by atoms with Gasteiger partial charge in [-0.2, -0.15) is 15.0 Å². The Bertz CT molecular complexity index is 1350. The van der Waals surface area contributed by atoms with Crippen LogP contribution in [0.3, 0.4) is 0 Å². The lowest BCUT2D eigenvalue weighted by atomic mass is 9.85. The van der Waals surface area contributed by atoms with Crippen molar-refractivity contribution in [1.82, 2.24) is 20.3 Å². The van der Waals surface area contributed by atoms with E-state index in [-0.39, 0.29) is 23.4 Å². The van der Waals surface area contributed by atoms with Gasteiger partial charge in [-0.05, 0) is 49.4 Å². The maximum Gasteiger partial charge on any atom is 0.335 e. The number of rotatable bonds is 8. The van der Waals surface area contributed by atoms with E-state index in [1.807, 2.05) is 0 Å². The maximum atomic E-state index is 12.7. The monoisotopic (exact) mass is 519 g/mol. The zero-order valence-electron chi connectivity index (χ0n) is 20.2. The molecule has 3 aromatic rings. The lowest BCUT2D eigenvalue weighted by molar-refractivity contribution is -0.126. The highest BCUT2D eigenvalue weighted by molar-refractivity contribution is 6.31. The molecule has 1 saturated carbocycles. The van der Waals surface area contributed by atoms with Crippen LogP contribution in [0, 0.1) is 12.5 Å². The molecular weight excluding hydrogens is 494 g/mol. The molecule has 0 aliphatic heterocycles. The Morgan fingerprint density at radius 1 is 1.08 bits per heavy atom. The minimum Gasteiger partial charge on any atom is -0.478 e. The number of halogens is 1. The second-order valence-electron chi connectivity index (χ2n) is 8.74. The average Bonchev–Trinajstić information content (AvgIpc) is 2.92. The number of nitrogens with zero attached hydrogens (tertiary/aromatic N) is 4. The van der Waals surface area contributed by atoms with E-state index in [1.165, 1.54) is 12.1 Å². The highest BCUT2D eigenvalue weighted by Crippen LogP contribution is 2.28. The van der Waals surface area contributed by atoms with E-state index in [9.17, 15) is 14.7 Å². The van der Waals surface area contributed by atoms with E-state index < -0.39 is 5.97 Å². The van der Waals surface area contributed by atoms with Crippen molar-refractivity contribution in [2.75, 3.05) is 17.7 Å². The molecule has 0 saturated heterocycles. The van der Waals surface area contributed by atoms with Crippen LogP contribution >= 0.6 is 11.6 Å². The minimum atomic E-state index is -1.02. The fourth-order valence-corrected chi connectivity index (χ4v) is 4.47. The SMILES string of the molecule is [C-]#[N+]c1ccc(CNC(=O)C2CCC(Nc3nc(NC)nc(-c4cccc(C(=O)O)c4)n3)CC2)c(Cl)c1. The number of carboxylic acid groups (broad SMARTS) is 1. The van der Waals surface area contributed by atoms with E-state index in [2.05, 4.69) is 35.7 Å². The first-order chi connectivity index (χ1) is 17.9. The van der Waals surface area contributed by atoms with Gasteiger partial charge in [-0.3, -0.25) is 4.79 Å². The van der Waals surface area contributed by atoms with Crippen LogP contribution in [0.1, 0.15) is 41.6 Å². The second-order valence-corrected chi connectivity index (χ2v) is 9.15. The number of hydrogen-bond acceptors (Lipinski definition) is 7. The topological polar surface area (TPSA) is 133 Å². The van der Waals surface area contributed by atoms with Gasteiger partial charge in [0, 0.05) is 36.1 Å². The fourth-order valence-electron chi connectivity index (χ4n) is 4.23. The van der Waals surface area contributed by atoms with E-state index in [4.69, 9.17) is 18.2 Å². The number of carbonyl (C=O) groups is 2. The van der Waals surface area contributed by atoms with Crippen LogP contribution in [0.15, 0.2) is 42.5 Å². The molecule has 4 N–H and O–H groups in total. The summed E-state index contributed by atoms with van der Waals surface area (Å²) in [6.07, 6.45) is 2.96. The Morgan fingerprint density at radius 3 is 2.51 bits per heavy atom. The number of benzene rings is 2. The Balaban J connectivity index is 1.35. The molecule has 190 valence electrons. The Morgan fingerprint density at radius 2 is 1.84 bits per heavy atom. The van der Waals surface area contributed by atoms with Gasteiger partial charge in [0.25, 0.3) is 0 Å². The summed E-state index contributed by atoms with van der Waals surface area (Å²) < 4.78 is 0. The normalized spacial score (nSPS) is 16.9. The number of anilines is 2. The third kappa shape index (κ3) is 6.51. The number of carbonyl (C=O) groups excluding carboxylic acids is 1. The summed E-state index contributed by atoms with van der Waals surface area (Å²) in [6.45, 7) is 7.37. The largest absolute Gasteiger partial charge is 0.478 e. The van der Waals surface area contributed by atoms with Gasteiger partial charge in [0.2, 0.25) is 17.8 Å². The molecular formula is C26H26ClN7O3. The quantitative estimate of drug-likeness (QED) is 0.313. The first-order valence-electron chi connectivity index (χ1n) is 11.8. The van der Waals surface area contributed by atoms with Gasteiger partial charge in [0.15, 0.2) is 11.5 Å². The van der Waals surface area contributed by atoms with Gasteiger partial charge in [-0.25, -0.2) is 9.64 Å². The van der Waals surface area contributed by atoms with E-state index in [0.717, 1.165) is 18.4 Å². The molecule has 0 atom stereocenters. The summed E-state index contributed by atoms with van der Waals surface area (Å²) in [5.74, 6) is -0.0159. The van der Waals surface area contributed by atoms with E-state index in [1.54, 1.807) is 37.4 Å². The second kappa shape index (κ2) is 11.7. The molecule has 1 heterocycles. The smallest absolute Gasteiger partial charge is 0.335 e. The molecule has 0 unspecified atom stereocenters. The molecule has 10 nitrogen and oxygen atoms in total. The van der Waals surface area contributed by atoms with E-state index in [0.29, 0.717) is 53.4 Å². The first-order valence-corrected chi connectivity index (χ1v) is 12.2. The molecule has 1 aliphatic rings. The van der Waals surface area contributed by atoms with Crippen molar-refractivity contribution in [3.05, 3.63) is 70.0 Å². The van der Waals surface area contributed by atoms with Gasteiger partial charge >= 0.3 is 5.97 Å². The Labute approximate surface area is 219 Å². The first kappa shape index (κ1) is 25.9. The maximum absolute atomic E-state index is 12.7. The molecule has 11 heteroatoms.